The summed E-state index contributed by atoms with van der Waals surface area (Å²) >= 11 is 18.6. The second kappa shape index (κ2) is 11.0. The smallest absolute Gasteiger partial charge is 0.339 e. The molecule has 1 heterocycles. The molecule has 0 N–H and O–H groups in total. The number of anilines is 1. The van der Waals surface area contributed by atoms with E-state index in [1.807, 2.05) is 0 Å². The molecule has 0 saturated carbocycles. The van der Waals surface area contributed by atoms with Crippen molar-refractivity contribution in [2.24, 2.45) is 0 Å². The number of halogens is 3. The van der Waals surface area contributed by atoms with Gasteiger partial charge >= 0.3 is 11.9 Å². The van der Waals surface area contributed by atoms with Gasteiger partial charge in [-0.3, -0.25) is 4.79 Å². The zero-order valence-corrected chi connectivity index (χ0v) is 20.3. The van der Waals surface area contributed by atoms with E-state index in [9.17, 15) is 14.4 Å². The Morgan fingerprint density at radius 3 is 2.21 bits per heavy atom. The van der Waals surface area contributed by atoms with Gasteiger partial charge in [-0.05, 0) is 49.4 Å². The van der Waals surface area contributed by atoms with Crippen LogP contribution in [0.5, 0.6) is 0 Å². The highest BCUT2D eigenvalue weighted by Crippen LogP contribution is 2.36. The quantitative estimate of drug-likeness (QED) is 0.381. The molecule has 7 nitrogen and oxygen atoms in total. The highest BCUT2D eigenvalue weighted by Gasteiger charge is 2.30. The van der Waals surface area contributed by atoms with Crippen molar-refractivity contribution >= 4 is 58.3 Å². The van der Waals surface area contributed by atoms with Crippen LogP contribution in [-0.2, 0) is 25.6 Å². The van der Waals surface area contributed by atoms with Crippen LogP contribution in [0.2, 0.25) is 15.2 Å². The van der Waals surface area contributed by atoms with Crippen LogP contribution in [0.25, 0.3) is 0 Å². The van der Waals surface area contributed by atoms with E-state index in [1.165, 1.54) is 37.4 Å². The largest absolute Gasteiger partial charge is 0.466 e. The lowest BCUT2D eigenvalue weighted by atomic mass is 9.90. The van der Waals surface area contributed by atoms with Crippen LogP contribution in [-0.4, -0.2) is 37.0 Å². The molecule has 10 heteroatoms. The molecule has 1 aromatic carbocycles. The molecule has 1 aliphatic rings. The minimum Gasteiger partial charge on any atom is -0.466 e. The predicted molar refractivity (Wildman–Crippen MR) is 126 cm³/mol. The number of aromatic nitrogens is 1. The van der Waals surface area contributed by atoms with E-state index in [0.717, 1.165) is 12.8 Å². The Morgan fingerprint density at radius 2 is 1.61 bits per heavy atom. The molecule has 174 valence electrons. The van der Waals surface area contributed by atoms with Crippen molar-refractivity contribution in [1.29, 1.82) is 0 Å². The van der Waals surface area contributed by atoms with Gasteiger partial charge in [-0.2, -0.15) is 0 Å². The number of hydrogen-bond donors (Lipinski definition) is 0. The maximum atomic E-state index is 13.8. The fourth-order valence-electron chi connectivity index (χ4n) is 3.61. The SMILES string of the molecule is COC(=O)C1=C(C(=O)N(Cc2ccc(Cl)nc2)c2cc(C(=O)OC)c(Cl)cc2Cl)CCCC1. The van der Waals surface area contributed by atoms with Crippen molar-refractivity contribution in [3.8, 4) is 0 Å². The lowest BCUT2D eigenvalue weighted by Crippen LogP contribution is -2.34. The van der Waals surface area contributed by atoms with Crippen molar-refractivity contribution in [3.05, 3.63) is 67.9 Å². The maximum absolute atomic E-state index is 13.8. The third-order valence-electron chi connectivity index (χ3n) is 5.26. The van der Waals surface area contributed by atoms with Gasteiger partial charge in [-0.15, -0.1) is 0 Å². The highest BCUT2D eigenvalue weighted by molar-refractivity contribution is 6.38. The second-order valence-electron chi connectivity index (χ2n) is 7.31. The predicted octanol–water partition coefficient (Wildman–Crippen LogP) is 5.41. The van der Waals surface area contributed by atoms with E-state index in [1.54, 1.807) is 12.1 Å². The lowest BCUT2D eigenvalue weighted by Gasteiger charge is -2.28. The van der Waals surface area contributed by atoms with Crippen molar-refractivity contribution < 1.29 is 23.9 Å². The molecule has 33 heavy (non-hydrogen) atoms. The topological polar surface area (TPSA) is 85.8 Å². The molecule has 1 aliphatic carbocycles. The molecule has 0 saturated heterocycles. The molecule has 0 atom stereocenters. The van der Waals surface area contributed by atoms with Crippen LogP contribution in [0.15, 0.2) is 41.6 Å². The number of nitrogens with zero attached hydrogens (tertiary/aromatic N) is 2. The Morgan fingerprint density at radius 1 is 0.939 bits per heavy atom. The molecule has 0 spiro atoms. The van der Waals surface area contributed by atoms with Gasteiger partial charge in [0.1, 0.15) is 5.15 Å². The number of pyridine rings is 1. The van der Waals surface area contributed by atoms with Gasteiger partial charge in [0.15, 0.2) is 0 Å². The first kappa shape index (κ1) is 25.0. The average Bonchev–Trinajstić information content (AvgIpc) is 2.82. The number of benzene rings is 1. The Kier molecular flexibility index (Phi) is 8.35. The van der Waals surface area contributed by atoms with Crippen molar-refractivity contribution in [1.82, 2.24) is 4.98 Å². The van der Waals surface area contributed by atoms with Crippen LogP contribution in [0.4, 0.5) is 5.69 Å². The van der Waals surface area contributed by atoms with Crippen LogP contribution < -0.4 is 4.90 Å². The van der Waals surface area contributed by atoms with Crippen molar-refractivity contribution in [2.45, 2.75) is 32.2 Å². The Balaban J connectivity index is 2.15. The van der Waals surface area contributed by atoms with E-state index in [2.05, 4.69) is 4.98 Å². The molecular weight excluding hydrogens is 491 g/mol. The van der Waals surface area contributed by atoms with E-state index in [-0.39, 0.29) is 27.8 Å². The van der Waals surface area contributed by atoms with Crippen molar-refractivity contribution in [2.75, 3.05) is 19.1 Å². The van der Waals surface area contributed by atoms with Gasteiger partial charge in [0.05, 0.1) is 42.1 Å². The summed E-state index contributed by atoms with van der Waals surface area (Å²) < 4.78 is 9.69. The summed E-state index contributed by atoms with van der Waals surface area (Å²) in [6.07, 6.45) is 3.90. The highest BCUT2D eigenvalue weighted by atomic mass is 35.5. The first-order valence-electron chi connectivity index (χ1n) is 10.1. The van der Waals surface area contributed by atoms with Crippen LogP contribution in [0, 0.1) is 0 Å². The summed E-state index contributed by atoms with van der Waals surface area (Å²) in [5, 5.41) is 0.541. The van der Waals surface area contributed by atoms with Gasteiger partial charge in [0.25, 0.3) is 5.91 Å². The van der Waals surface area contributed by atoms with E-state index >= 15 is 0 Å². The molecule has 3 rings (SSSR count). The molecule has 1 amide bonds. The summed E-state index contributed by atoms with van der Waals surface area (Å²) in [5.74, 6) is -1.64. The Labute approximate surface area is 206 Å². The third-order valence-corrected chi connectivity index (χ3v) is 6.10. The number of hydrogen-bond acceptors (Lipinski definition) is 6. The summed E-state index contributed by atoms with van der Waals surface area (Å²) in [6, 6.07) is 6.10. The third kappa shape index (κ3) is 5.66. The lowest BCUT2D eigenvalue weighted by molar-refractivity contribution is -0.136. The number of amides is 1. The number of ether oxygens (including phenoxy) is 2. The molecular formula is C23H21Cl3N2O5. The monoisotopic (exact) mass is 510 g/mol. The minimum atomic E-state index is -0.675. The summed E-state index contributed by atoms with van der Waals surface area (Å²) in [4.78, 5) is 43.8. The molecule has 2 aromatic rings. The Bertz CT molecular complexity index is 1120. The number of esters is 2. The van der Waals surface area contributed by atoms with Crippen LogP contribution >= 0.6 is 34.8 Å². The fraction of sp³-hybridized carbons (Fsp3) is 0.304. The first-order chi connectivity index (χ1) is 15.8. The maximum Gasteiger partial charge on any atom is 0.339 e. The van der Waals surface area contributed by atoms with Crippen LogP contribution in [0.3, 0.4) is 0 Å². The van der Waals surface area contributed by atoms with E-state index in [4.69, 9.17) is 44.3 Å². The number of methoxy groups -OCH3 is 2. The van der Waals surface area contributed by atoms with Gasteiger partial charge in [-0.25, -0.2) is 14.6 Å². The normalized spacial score (nSPS) is 13.5. The average molecular weight is 512 g/mol. The van der Waals surface area contributed by atoms with Gasteiger partial charge in [0, 0.05) is 17.3 Å². The molecule has 0 radical (unpaired) electrons. The zero-order chi connectivity index (χ0) is 24.1. The number of carbonyl (C=O) groups is 3. The number of rotatable bonds is 6. The van der Waals surface area contributed by atoms with Gasteiger partial charge < -0.3 is 14.4 Å². The number of carbonyl (C=O) groups excluding carboxylic acids is 3. The standard InChI is InChI=1S/C23H21Cl3N2O5/c1-32-22(30)15-6-4-3-5-14(15)21(29)28(12-13-7-8-20(26)27-11-13)19-9-16(23(31)33-2)17(24)10-18(19)25/h7-11H,3-6,12H2,1-2H3. The van der Waals surface area contributed by atoms with E-state index in [0.29, 0.717) is 34.7 Å². The Hall–Kier alpha value is -2.61. The fourth-order valence-corrected chi connectivity index (χ4v) is 4.29. The molecule has 1 aromatic heterocycles. The first-order valence-corrected chi connectivity index (χ1v) is 11.2. The zero-order valence-electron chi connectivity index (χ0n) is 18.0. The second-order valence-corrected chi connectivity index (χ2v) is 8.51. The molecule has 0 unspecified atom stereocenters. The van der Waals surface area contributed by atoms with Crippen LogP contribution in [0.1, 0.15) is 41.6 Å². The van der Waals surface area contributed by atoms with Gasteiger partial charge in [-0.1, -0.05) is 40.9 Å². The molecule has 0 bridgehead atoms. The summed E-state index contributed by atoms with van der Waals surface area (Å²) in [6.45, 7) is 0.0585. The van der Waals surface area contributed by atoms with Gasteiger partial charge in [0.2, 0.25) is 0 Å². The molecule has 0 aliphatic heterocycles. The minimum absolute atomic E-state index is 0.0522. The molecule has 0 fully saturated rings. The van der Waals surface area contributed by atoms with E-state index < -0.39 is 17.8 Å². The summed E-state index contributed by atoms with van der Waals surface area (Å²) in [5.41, 5.74) is 1.64. The van der Waals surface area contributed by atoms with Crippen molar-refractivity contribution in [3.63, 3.8) is 0 Å². The summed E-state index contributed by atoms with van der Waals surface area (Å²) in [7, 11) is 2.51.